The van der Waals surface area contributed by atoms with Gasteiger partial charge in [-0.25, -0.2) is 0 Å². The molecule has 21 heavy (non-hydrogen) atoms. The third-order valence-electron chi connectivity index (χ3n) is 3.49. The summed E-state index contributed by atoms with van der Waals surface area (Å²) in [5, 5.41) is 9.41. The van der Waals surface area contributed by atoms with E-state index in [1.807, 2.05) is 31.4 Å². The molecule has 2 aromatic rings. The summed E-state index contributed by atoms with van der Waals surface area (Å²) in [4.78, 5) is 13.8. The van der Waals surface area contributed by atoms with Gasteiger partial charge in [-0.05, 0) is 31.2 Å². The van der Waals surface area contributed by atoms with E-state index in [-0.39, 0.29) is 11.9 Å². The van der Waals surface area contributed by atoms with Crippen LogP contribution >= 0.6 is 11.3 Å². The highest BCUT2D eigenvalue weighted by Crippen LogP contribution is 2.27. The first kappa shape index (κ1) is 15.6. The number of nitrogen functional groups attached to an aromatic ring is 1. The van der Waals surface area contributed by atoms with Crippen LogP contribution in [-0.4, -0.2) is 15.7 Å². The van der Waals surface area contributed by atoms with Crippen molar-refractivity contribution >= 4 is 22.9 Å². The van der Waals surface area contributed by atoms with E-state index in [9.17, 15) is 4.79 Å². The van der Waals surface area contributed by atoms with Crippen molar-refractivity contribution in [1.29, 1.82) is 0 Å². The van der Waals surface area contributed by atoms with Crippen molar-refractivity contribution < 1.29 is 4.79 Å². The second kappa shape index (κ2) is 6.30. The highest BCUT2D eigenvalue weighted by Gasteiger charge is 2.24. The molecule has 0 saturated heterocycles. The normalized spacial score (nSPS) is 12.6. The number of aromatic nitrogens is 2. The number of anilines is 1. The minimum Gasteiger partial charge on any atom is -0.395 e. The van der Waals surface area contributed by atoms with Crippen LogP contribution in [-0.2, 0) is 6.54 Å². The average molecular weight is 306 g/mol. The fourth-order valence-corrected chi connectivity index (χ4v) is 3.26. The second-order valence-electron chi connectivity index (χ2n) is 5.37. The van der Waals surface area contributed by atoms with Crippen LogP contribution in [0, 0.1) is 12.8 Å². The van der Waals surface area contributed by atoms with E-state index < -0.39 is 0 Å². The lowest BCUT2D eigenvalue weighted by Crippen LogP contribution is -2.33. The molecule has 114 valence electrons. The van der Waals surface area contributed by atoms with Gasteiger partial charge in [-0.2, -0.15) is 5.10 Å². The fraction of sp³-hybridized carbons (Fsp3) is 0.467. The zero-order valence-electron chi connectivity index (χ0n) is 12.9. The number of nitrogens with two attached hydrogens (primary N) is 1. The molecule has 3 N–H and O–H groups in total. The van der Waals surface area contributed by atoms with Crippen LogP contribution in [0.1, 0.15) is 47.9 Å². The maximum absolute atomic E-state index is 12.6. The van der Waals surface area contributed by atoms with E-state index in [1.54, 1.807) is 16.0 Å². The molecule has 1 amide bonds. The molecule has 2 aromatic heterocycles. The van der Waals surface area contributed by atoms with Crippen LogP contribution in [0.15, 0.2) is 17.5 Å². The lowest BCUT2D eigenvalue weighted by Gasteiger charge is -2.21. The van der Waals surface area contributed by atoms with Crippen LogP contribution in [0.25, 0.3) is 0 Å². The molecule has 2 heterocycles. The number of rotatable bonds is 5. The quantitative estimate of drug-likeness (QED) is 0.892. The largest absolute Gasteiger partial charge is 0.395 e. The summed E-state index contributed by atoms with van der Waals surface area (Å²) in [5.74, 6) is 0.134. The minimum atomic E-state index is -0.165. The summed E-state index contributed by atoms with van der Waals surface area (Å²) in [6.45, 7) is 8.57. The summed E-state index contributed by atoms with van der Waals surface area (Å²) >= 11 is 1.65. The highest BCUT2D eigenvalue weighted by atomic mass is 32.1. The van der Waals surface area contributed by atoms with Crippen LogP contribution in [0.4, 0.5) is 5.69 Å². The number of thiophene rings is 1. The van der Waals surface area contributed by atoms with E-state index >= 15 is 0 Å². The Balaban J connectivity index is 2.28. The van der Waals surface area contributed by atoms with Crippen molar-refractivity contribution in [3.05, 3.63) is 33.8 Å². The molecule has 6 heteroatoms. The standard InChI is InChI=1S/C15H22N4OS/c1-5-19-14(12(16)10(4)18-19)15(20)17-13(9(2)3)11-7-6-8-21-11/h6-9,13H,5,16H2,1-4H3,(H,17,20). The SMILES string of the molecule is CCn1nc(C)c(N)c1C(=O)NC(c1cccs1)C(C)C. The summed E-state index contributed by atoms with van der Waals surface area (Å²) in [5.41, 5.74) is 7.62. The van der Waals surface area contributed by atoms with Crippen LogP contribution in [0.5, 0.6) is 0 Å². The Bertz CT molecular complexity index is 616. The van der Waals surface area contributed by atoms with Gasteiger partial charge in [0.15, 0.2) is 0 Å². The first-order valence-corrected chi connectivity index (χ1v) is 8.00. The number of carbonyl (C=O) groups is 1. The van der Waals surface area contributed by atoms with Gasteiger partial charge >= 0.3 is 0 Å². The molecule has 1 atom stereocenters. The molecule has 0 spiro atoms. The maximum atomic E-state index is 12.6. The molecule has 2 rings (SSSR count). The molecule has 0 fully saturated rings. The first-order valence-electron chi connectivity index (χ1n) is 7.12. The van der Waals surface area contributed by atoms with Gasteiger partial charge in [-0.15, -0.1) is 11.3 Å². The molecule has 0 aliphatic carbocycles. The predicted molar refractivity (Wildman–Crippen MR) is 86.4 cm³/mol. The molecule has 0 radical (unpaired) electrons. The van der Waals surface area contributed by atoms with E-state index in [1.165, 1.54) is 0 Å². The minimum absolute atomic E-state index is 0.0163. The molecule has 0 aliphatic rings. The zero-order chi connectivity index (χ0) is 15.6. The Hall–Kier alpha value is -1.82. The van der Waals surface area contributed by atoms with Gasteiger partial charge in [0.05, 0.1) is 17.4 Å². The summed E-state index contributed by atoms with van der Waals surface area (Å²) < 4.78 is 1.66. The molecule has 0 aromatic carbocycles. The third kappa shape index (κ3) is 3.10. The second-order valence-corrected chi connectivity index (χ2v) is 6.35. The Morgan fingerprint density at radius 1 is 1.52 bits per heavy atom. The van der Waals surface area contributed by atoms with E-state index in [0.717, 1.165) is 4.88 Å². The van der Waals surface area contributed by atoms with Crippen LogP contribution < -0.4 is 11.1 Å². The molecule has 5 nitrogen and oxygen atoms in total. The molecular weight excluding hydrogens is 284 g/mol. The number of nitrogens with one attached hydrogen (secondary N) is 1. The highest BCUT2D eigenvalue weighted by molar-refractivity contribution is 7.10. The lowest BCUT2D eigenvalue weighted by atomic mass is 10.0. The summed E-state index contributed by atoms with van der Waals surface area (Å²) in [6, 6.07) is 4.02. The first-order chi connectivity index (χ1) is 9.95. The maximum Gasteiger partial charge on any atom is 0.272 e. The van der Waals surface area contributed by atoms with Gasteiger partial charge in [0.2, 0.25) is 0 Å². The Kier molecular flexibility index (Phi) is 4.67. The smallest absolute Gasteiger partial charge is 0.272 e. The monoisotopic (exact) mass is 306 g/mol. The number of hydrogen-bond acceptors (Lipinski definition) is 4. The van der Waals surface area contributed by atoms with Gasteiger partial charge < -0.3 is 11.1 Å². The zero-order valence-corrected chi connectivity index (χ0v) is 13.7. The Morgan fingerprint density at radius 2 is 2.24 bits per heavy atom. The molecule has 0 bridgehead atoms. The van der Waals surface area contributed by atoms with Crippen molar-refractivity contribution in [2.24, 2.45) is 5.92 Å². The molecular formula is C15H22N4OS. The van der Waals surface area contributed by atoms with Crippen molar-refractivity contribution in [1.82, 2.24) is 15.1 Å². The van der Waals surface area contributed by atoms with Crippen LogP contribution in [0.2, 0.25) is 0 Å². The topological polar surface area (TPSA) is 72.9 Å². The number of carbonyl (C=O) groups excluding carboxylic acids is 1. The van der Waals surface area contributed by atoms with Gasteiger partial charge in [0, 0.05) is 11.4 Å². The summed E-state index contributed by atoms with van der Waals surface area (Å²) in [6.07, 6.45) is 0. The Labute approximate surface area is 129 Å². The van der Waals surface area contributed by atoms with Crippen molar-refractivity contribution in [2.45, 2.75) is 40.3 Å². The lowest BCUT2D eigenvalue weighted by molar-refractivity contribution is 0.0916. The van der Waals surface area contributed by atoms with Gasteiger partial charge in [-0.1, -0.05) is 19.9 Å². The van der Waals surface area contributed by atoms with Gasteiger partial charge in [0.25, 0.3) is 5.91 Å². The molecule has 0 aliphatic heterocycles. The van der Waals surface area contributed by atoms with E-state index in [4.69, 9.17) is 5.73 Å². The van der Waals surface area contributed by atoms with Crippen molar-refractivity contribution in [2.75, 3.05) is 5.73 Å². The third-order valence-corrected chi connectivity index (χ3v) is 4.45. The van der Waals surface area contributed by atoms with E-state index in [2.05, 4.69) is 24.3 Å². The number of aryl methyl sites for hydroxylation is 2. The van der Waals surface area contributed by atoms with Crippen molar-refractivity contribution in [3.8, 4) is 0 Å². The van der Waals surface area contributed by atoms with Crippen molar-refractivity contribution in [3.63, 3.8) is 0 Å². The van der Waals surface area contributed by atoms with Gasteiger partial charge in [-0.3, -0.25) is 9.48 Å². The molecule has 0 saturated carbocycles. The number of hydrogen-bond donors (Lipinski definition) is 2. The van der Waals surface area contributed by atoms with E-state index in [0.29, 0.717) is 29.5 Å². The fourth-order valence-electron chi connectivity index (χ4n) is 2.31. The predicted octanol–water partition coefficient (Wildman–Crippen LogP) is 2.98. The molecule has 1 unspecified atom stereocenters. The summed E-state index contributed by atoms with van der Waals surface area (Å²) in [7, 11) is 0. The number of nitrogens with zero attached hydrogens (tertiary/aromatic N) is 2. The Morgan fingerprint density at radius 3 is 2.76 bits per heavy atom. The number of amides is 1. The van der Waals surface area contributed by atoms with Crippen LogP contribution in [0.3, 0.4) is 0 Å². The van der Waals surface area contributed by atoms with Gasteiger partial charge in [0.1, 0.15) is 5.69 Å². The average Bonchev–Trinajstić information content (AvgIpc) is 3.05.